The molecule has 0 aliphatic heterocycles. The van der Waals surface area contributed by atoms with Crippen molar-refractivity contribution in [2.45, 2.75) is 46.1 Å². The second-order valence-electron chi connectivity index (χ2n) is 6.41. The fourth-order valence-electron chi connectivity index (χ4n) is 2.86. The number of hydrogen-bond donors (Lipinski definition) is 1. The van der Waals surface area contributed by atoms with E-state index in [1.807, 2.05) is 57.2 Å². The second kappa shape index (κ2) is 9.76. The van der Waals surface area contributed by atoms with E-state index in [-0.39, 0.29) is 17.7 Å². The van der Waals surface area contributed by atoms with Crippen molar-refractivity contribution in [2.75, 3.05) is 6.61 Å². The summed E-state index contributed by atoms with van der Waals surface area (Å²) < 4.78 is 5.66. The highest BCUT2D eigenvalue weighted by Crippen LogP contribution is 2.26. The Kier molecular flexibility index (Phi) is 7.39. The van der Waals surface area contributed by atoms with Gasteiger partial charge in [0.25, 0.3) is 0 Å². The van der Waals surface area contributed by atoms with E-state index in [1.165, 1.54) is 0 Å². The summed E-state index contributed by atoms with van der Waals surface area (Å²) in [4.78, 5) is 24.3. The number of carbonyl (C=O) groups is 2. The maximum atomic E-state index is 12.2. The van der Waals surface area contributed by atoms with E-state index in [4.69, 9.17) is 4.74 Å². The molecule has 0 spiro atoms. The number of carbonyl (C=O) groups excluding carboxylic acids is 2. The number of hydrogen-bond acceptors (Lipinski definition) is 3. The van der Waals surface area contributed by atoms with Crippen LogP contribution in [0.2, 0.25) is 0 Å². The number of amides is 1. The van der Waals surface area contributed by atoms with Crippen LogP contribution < -0.4 is 10.1 Å². The molecular weight excluding hydrogens is 326 g/mol. The van der Waals surface area contributed by atoms with Crippen LogP contribution in [0.4, 0.5) is 0 Å². The predicted molar refractivity (Wildman–Crippen MR) is 104 cm³/mol. The molecule has 0 saturated heterocycles. The molecule has 0 saturated carbocycles. The van der Waals surface area contributed by atoms with Crippen LogP contribution in [-0.4, -0.2) is 18.3 Å². The van der Waals surface area contributed by atoms with Gasteiger partial charge in [0.1, 0.15) is 5.75 Å². The molecule has 0 bridgehead atoms. The van der Waals surface area contributed by atoms with E-state index >= 15 is 0 Å². The molecule has 0 fully saturated rings. The zero-order valence-electron chi connectivity index (χ0n) is 15.7. The normalized spacial score (nSPS) is 11.7. The van der Waals surface area contributed by atoms with E-state index in [0.717, 1.165) is 16.9 Å². The van der Waals surface area contributed by atoms with Crippen molar-refractivity contribution in [3.8, 4) is 5.75 Å². The molecule has 138 valence electrons. The quantitative estimate of drug-likeness (QED) is 0.669. The van der Waals surface area contributed by atoms with Gasteiger partial charge in [0.05, 0.1) is 12.6 Å². The minimum absolute atomic E-state index is 0.0534. The molecule has 2 aromatic rings. The topological polar surface area (TPSA) is 55.4 Å². The third kappa shape index (κ3) is 5.73. The standard InChI is InChI=1S/C22H27NO3/c1-4-26-21-14-13-16(2)15-19(21)17(3)23-22(25)12-8-11-20(24)18-9-6-5-7-10-18/h5-7,9-10,13-15,17H,4,8,11-12H2,1-3H3,(H,23,25). The molecule has 1 amide bonds. The minimum Gasteiger partial charge on any atom is -0.494 e. The SMILES string of the molecule is CCOc1ccc(C)cc1C(C)NC(=O)CCCC(=O)c1ccccc1. The molecule has 1 N–H and O–H groups in total. The Morgan fingerprint density at radius 1 is 1.08 bits per heavy atom. The van der Waals surface area contributed by atoms with Gasteiger partial charge in [-0.05, 0) is 33.3 Å². The van der Waals surface area contributed by atoms with Gasteiger partial charge in [-0.1, -0.05) is 48.0 Å². The van der Waals surface area contributed by atoms with Crippen LogP contribution >= 0.6 is 0 Å². The maximum Gasteiger partial charge on any atom is 0.220 e. The van der Waals surface area contributed by atoms with Gasteiger partial charge < -0.3 is 10.1 Å². The zero-order chi connectivity index (χ0) is 18.9. The van der Waals surface area contributed by atoms with Gasteiger partial charge in [0, 0.05) is 24.0 Å². The lowest BCUT2D eigenvalue weighted by atomic mass is 10.0. The summed E-state index contributed by atoms with van der Waals surface area (Å²) in [5, 5.41) is 3.01. The van der Waals surface area contributed by atoms with Crippen LogP contribution in [0.15, 0.2) is 48.5 Å². The highest BCUT2D eigenvalue weighted by atomic mass is 16.5. The van der Waals surface area contributed by atoms with Gasteiger partial charge in [0.15, 0.2) is 5.78 Å². The van der Waals surface area contributed by atoms with Gasteiger partial charge in [-0.2, -0.15) is 0 Å². The van der Waals surface area contributed by atoms with Gasteiger partial charge in [-0.3, -0.25) is 9.59 Å². The molecule has 2 aromatic carbocycles. The van der Waals surface area contributed by atoms with Crippen molar-refractivity contribution in [1.29, 1.82) is 0 Å². The van der Waals surface area contributed by atoms with Crippen LogP contribution in [0, 0.1) is 6.92 Å². The number of nitrogens with one attached hydrogen (secondary N) is 1. The molecule has 4 heteroatoms. The summed E-state index contributed by atoms with van der Waals surface area (Å²) in [7, 11) is 0. The predicted octanol–water partition coefficient (Wildman–Crippen LogP) is 4.62. The van der Waals surface area contributed by atoms with Gasteiger partial charge in [-0.15, -0.1) is 0 Å². The smallest absolute Gasteiger partial charge is 0.220 e. The number of Topliss-reactive ketones (excluding diaryl/α,β-unsaturated/α-hetero) is 1. The van der Waals surface area contributed by atoms with Gasteiger partial charge in [0.2, 0.25) is 5.91 Å². The number of rotatable bonds is 9. The van der Waals surface area contributed by atoms with Crippen molar-refractivity contribution >= 4 is 11.7 Å². The van der Waals surface area contributed by atoms with Crippen molar-refractivity contribution in [2.24, 2.45) is 0 Å². The highest BCUT2D eigenvalue weighted by molar-refractivity contribution is 5.96. The monoisotopic (exact) mass is 353 g/mol. The van der Waals surface area contributed by atoms with Crippen LogP contribution in [0.5, 0.6) is 5.75 Å². The first-order valence-electron chi connectivity index (χ1n) is 9.12. The number of aryl methyl sites for hydroxylation is 1. The van der Waals surface area contributed by atoms with Gasteiger partial charge in [-0.25, -0.2) is 0 Å². The molecule has 4 nitrogen and oxygen atoms in total. The average Bonchev–Trinajstić information content (AvgIpc) is 2.64. The molecule has 0 aliphatic carbocycles. The maximum absolute atomic E-state index is 12.2. The third-order valence-electron chi connectivity index (χ3n) is 4.21. The average molecular weight is 353 g/mol. The lowest BCUT2D eigenvalue weighted by molar-refractivity contribution is -0.121. The fraction of sp³-hybridized carbons (Fsp3) is 0.364. The van der Waals surface area contributed by atoms with Crippen molar-refractivity contribution < 1.29 is 14.3 Å². The fourth-order valence-corrected chi connectivity index (χ4v) is 2.86. The lowest BCUT2D eigenvalue weighted by Crippen LogP contribution is -2.27. The van der Waals surface area contributed by atoms with E-state index in [9.17, 15) is 9.59 Å². The Balaban J connectivity index is 1.86. The van der Waals surface area contributed by atoms with E-state index in [1.54, 1.807) is 12.1 Å². The number of ketones is 1. The summed E-state index contributed by atoms with van der Waals surface area (Å²) in [6, 6.07) is 15.0. The number of ether oxygens (including phenoxy) is 1. The molecule has 0 aromatic heterocycles. The van der Waals surface area contributed by atoms with Crippen LogP contribution in [0.1, 0.15) is 60.6 Å². The first-order valence-corrected chi connectivity index (χ1v) is 9.12. The van der Waals surface area contributed by atoms with E-state index in [0.29, 0.717) is 31.4 Å². The van der Waals surface area contributed by atoms with Crippen molar-refractivity contribution in [3.05, 3.63) is 65.2 Å². The molecule has 0 radical (unpaired) electrons. The Hall–Kier alpha value is -2.62. The third-order valence-corrected chi connectivity index (χ3v) is 4.21. The Morgan fingerprint density at radius 3 is 2.50 bits per heavy atom. The summed E-state index contributed by atoms with van der Waals surface area (Å²) in [5.74, 6) is 0.816. The molecule has 1 unspecified atom stereocenters. The zero-order valence-corrected chi connectivity index (χ0v) is 15.7. The lowest BCUT2D eigenvalue weighted by Gasteiger charge is -2.18. The first-order chi connectivity index (χ1) is 12.5. The summed E-state index contributed by atoms with van der Waals surface area (Å²) in [6.45, 7) is 6.49. The molecule has 26 heavy (non-hydrogen) atoms. The van der Waals surface area contributed by atoms with Crippen LogP contribution in [0.3, 0.4) is 0 Å². The van der Waals surface area contributed by atoms with Crippen molar-refractivity contribution in [3.63, 3.8) is 0 Å². The summed E-state index contributed by atoms with van der Waals surface area (Å²) in [6.07, 6.45) is 1.25. The molecule has 0 aliphatic rings. The summed E-state index contributed by atoms with van der Waals surface area (Å²) in [5.41, 5.74) is 2.79. The first kappa shape index (κ1) is 19.7. The van der Waals surface area contributed by atoms with Gasteiger partial charge >= 0.3 is 0 Å². The van der Waals surface area contributed by atoms with E-state index < -0.39 is 0 Å². The number of benzene rings is 2. The second-order valence-corrected chi connectivity index (χ2v) is 6.41. The van der Waals surface area contributed by atoms with Crippen LogP contribution in [0.25, 0.3) is 0 Å². The minimum atomic E-state index is -0.145. The molecule has 0 heterocycles. The van der Waals surface area contributed by atoms with Crippen molar-refractivity contribution in [1.82, 2.24) is 5.32 Å². The largest absolute Gasteiger partial charge is 0.494 e. The van der Waals surface area contributed by atoms with Crippen LogP contribution in [-0.2, 0) is 4.79 Å². The molecule has 1 atom stereocenters. The Labute approximate surface area is 155 Å². The molecular formula is C22H27NO3. The molecule has 2 rings (SSSR count). The van der Waals surface area contributed by atoms with E-state index in [2.05, 4.69) is 5.32 Å². The Bertz CT molecular complexity index is 740. The Morgan fingerprint density at radius 2 is 1.81 bits per heavy atom. The highest BCUT2D eigenvalue weighted by Gasteiger charge is 2.15. The summed E-state index contributed by atoms with van der Waals surface area (Å²) >= 11 is 0.